The summed E-state index contributed by atoms with van der Waals surface area (Å²) in [6, 6.07) is 0. The first-order valence-corrected chi connectivity index (χ1v) is 8.81. The topological polar surface area (TPSA) is 54.3 Å². The first kappa shape index (κ1) is 16.1. The average molecular weight is 333 g/mol. The molecule has 0 N–H and O–H groups in total. The smallest absolute Gasteiger partial charge is 0.257 e. The van der Waals surface area contributed by atoms with Gasteiger partial charge in [-0.15, -0.1) is 11.3 Å². The molecule has 0 radical (unpaired) electrons. The number of aromatic nitrogens is 3. The summed E-state index contributed by atoms with van der Waals surface area (Å²) in [5.74, 6) is 0.620. The Kier molecular flexibility index (Phi) is 4.77. The fourth-order valence-electron chi connectivity index (χ4n) is 3.19. The minimum Gasteiger partial charge on any atom is -0.336 e. The molecule has 0 fully saturated rings. The van der Waals surface area contributed by atoms with Crippen LogP contribution in [0.1, 0.15) is 28.2 Å². The van der Waals surface area contributed by atoms with E-state index in [0.29, 0.717) is 12.5 Å². The zero-order valence-corrected chi connectivity index (χ0v) is 14.7. The summed E-state index contributed by atoms with van der Waals surface area (Å²) in [5.41, 5.74) is 4.54. The Morgan fingerprint density at radius 3 is 2.96 bits per heavy atom. The lowest BCUT2D eigenvalue weighted by Crippen LogP contribution is -2.31. The van der Waals surface area contributed by atoms with E-state index in [1.54, 1.807) is 27.9 Å². The summed E-state index contributed by atoms with van der Waals surface area (Å²) in [7, 11) is 6.02. The van der Waals surface area contributed by atoms with Crippen LogP contribution in [-0.4, -0.2) is 58.2 Å². The molecule has 23 heavy (non-hydrogen) atoms. The highest BCUT2D eigenvalue weighted by atomic mass is 32.1. The number of amides is 1. The van der Waals surface area contributed by atoms with Crippen LogP contribution in [0.5, 0.6) is 0 Å². The van der Waals surface area contributed by atoms with Crippen LogP contribution in [0.25, 0.3) is 0 Å². The van der Waals surface area contributed by atoms with E-state index < -0.39 is 0 Å². The molecular formula is C16H23N5OS. The summed E-state index contributed by atoms with van der Waals surface area (Å²) < 4.78 is 2.00. The molecule has 0 bridgehead atoms. The van der Waals surface area contributed by atoms with Crippen LogP contribution in [0, 0.1) is 5.92 Å². The summed E-state index contributed by atoms with van der Waals surface area (Å²) >= 11 is 1.55. The van der Waals surface area contributed by atoms with Gasteiger partial charge in [0.15, 0.2) is 0 Å². The Bertz CT molecular complexity index is 664. The van der Waals surface area contributed by atoms with Gasteiger partial charge in [-0.2, -0.15) is 5.10 Å². The molecule has 1 amide bonds. The van der Waals surface area contributed by atoms with Gasteiger partial charge in [-0.25, -0.2) is 4.98 Å². The van der Waals surface area contributed by atoms with Crippen molar-refractivity contribution in [2.24, 2.45) is 5.92 Å². The quantitative estimate of drug-likeness (QED) is 0.836. The third-order valence-electron chi connectivity index (χ3n) is 4.26. The van der Waals surface area contributed by atoms with Gasteiger partial charge >= 0.3 is 0 Å². The summed E-state index contributed by atoms with van der Waals surface area (Å²) in [6.45, 7) is 2.48. The maximum absolute atomic E-state index is 12.8. The Morgan fingerprint density at radius 2 is 2.26 bits per heavy atom. The number of fused-ring (bicyclic) bond motifs is 1. The maximum Gasteiger partial charge on any atom is 0.257 e. The van der Waals surface area contributed by atoms with Crippen LogP contribution in [0.2, 0.25) is 0 Å². The third-order valence-corrected chi connectivity index (χ3v) is 4.90. The van der Waals surface area contributed by atoms with Crippen molar-refractivity contribution in [3.05, 3.63) is 34.0 Å². The van der Waals surface area contributed by atoms with E-state index in [2.05, 4.69) is 29.1 Å². The molecule has 3 heterocycles. The molecule has 0 spiro atoms. The van der Waals surface area contributed by atoms with E-state index in [0.717, 1.165) is 42.9 Å². The highest BCUT2D eigenvalue weighted by molar-refractivity contribution is 7.07. The Morgan fingerprint density at radius 1 is 1.43 bits per heavy atom. The maximum atomic E-state index is 12.8. The Labute approximate surface area is 140 Å². The molecule has 0 aromatic carbocycles. The molecule has 0 saturated carbocycles. The molecule has 6 nitrogen and oxygen atoms in total. The molecule has 124 valence electrons. The molecule has 2 aromatic rings. The number of rotatable bonds is 5. The van der Waals surface area contributed by atoms with E-state index in [-0.39, 0.29) is 5.91 Å². The molecule has 0 aliphatic carbocycles. The van der Waals surface area contributed by atoms with Gasteiger partial charge in [0.25, 0.3) is 5.91 Å². The van der Waals surface area contributed by atoms with Crippen molar-refractivity contribution in [1.29, 1.82) is 0 Å². The van der Waals surface area contributed by atoms with E-state index in [1.165, 1.54) is 0 Å². The molecule has 1 aliphatic heterocycles. The first-order chi connectivity index (χ1) is 11.0. The van der Waals surface area contributed by atoms with Gasteiger partial charge in [-0.1, -0.05) is 0 Å². The monoisotopic (exact) mass is 333 g/mol. The molecule has 1 atom stereocenters. The molecule has 2 aromatic heterocycles. The number of nitrogens with zero attached hydrogens (tertiary/aromatic N) is 5. The van der Waals surface area contributed by atoms with Crippen molar-refractivity contribution in [3.63, 3.8) is 0 Å². The molecule has 0 saturated heterocycles. The highest BCUT2D eigenvalue weighted by Gasteiger charge is 2.27. The second-order valence-corrected chi connectivity index (χ2v) is 7.21. The number of thiazole rings is 1. The summed E-state index contributed by atoms with van der Waals surface area (Å²) in [5, 5.41) is 6.39. The van der Waals surface area contributed by atoms with Gasteiger partial charge in [0.1, 0.15) is 0 Å². The first-order valence-electron chi connectivity index (χ1n) is 7.86. The van der Waals surface area contributed by atoms with Gasteiger partial charge < -0.3 is 9.80 Å². The number of hydrogen-bond acceptors (Lipinski definition) is 5. The van der Waals surface area contributed by atoms with E-state index in [1.807, 2.05) is 17.1 Å². The SMILES string of the molecule is CN(C)CC1CCn2ncc(C(=O)N(C)Cc3cscn3)c2C1. The minimum atomic E-state index is 0.0322. The van der Waals surface area contributed by atoms with Crippen molar-refractivity contribution in [2.45, 2.75) is 25.9 Å². The number of carbonyl (C=O) groups excluding carboxylic acids is 1. The minimum absolute atomic E-state index is 0.0322. The van der Waals surface area contributed by atoms with Gasteiger partial charge in [0, 0.05) is 25.5 Å². The van der Waals surface area contributed by atoms with Gasteiger partial charge in [0.05, 0.1) is 35.2 Å². The number of hydrogen-bond donors (Lipinski definition) is 0. The fraction of sp³-hybridized carbons (Fsp3) is 0.562. The van der Waals surface area contributed by atoms with Gasteiger partial charge in [-0.05, 0) is 32.9 Å². The lowest BCUT2D eigenvalue weighted by atomic mass is 9.94. The van der Waals surface area contributed by atoms with E-state index in [9.17, 15) is 4.79 Å². The molecular weight excluding hydrogens is 310 g/mol. The zero-order chi connectivity index (χ0) is 16.4. The van der Waals surface area contributed by atoms with Crippen molar-refractivity contribution < 1.29 is 4.79 Å². The van der Waals surface area contributed by atoms with Crippen molar-refractivity contribution in [3.8, 4) is 0 Å². The predicted molar refractivity (Wildman–Crippen MR) is 90.5 cm³/mol. The molecule has 7 heteroatoms. The summed E-state index contributed by atoms with van der Waals surface area (Å²) in [4.78, 5) is 21.0. The molecule has 3 rings (SSSR count). The van der Waals surface area contributed by atoms with Crippen LogP contribution >= 0.6 is 11.3 Å². The predicted octanol–water partition coefficient (Wildman–Crippen LogP) is 1.74. The second kappa shape index (κ2) is 6.80. The lowest BCUT2D eigenvalue weighted by molar-refractivity contribution is 0.0781. The molecule has 1 unspecified atom stereocenters. The van der Waals surface area contributed by atoms with Crippen LogP contribution in [0.3, 0.4) is 0 Å². The van der Waals surface area contributed by atoms with Gasteiger partial charge in [0.2, 0.25) is 0 Å². The van der Waals surface area contributed by atoms with Crippen molar-refractivity contribution >= 4 is 17.2 Å². The summed E-state index contributed by atoms with van der Waals surface area (Å²) in [6.07, 6.45) is 3.77. The number of aryl methyl sites for hydroxylation is 1. The van der Waals surface area contributed by atoms with Crippen molar-refractivity contribution in [2.75, 3.05) is 27.7 Å². The second-order valence-electron chi connectivity index (χ2n) is 6.49. The Hall–Kier alpha value is -1.73. The van der Waals surface area contributed by atoms with Gasteiger partial charge in [-0.3, -0.25) is 9.48 Å². The van der Waals surface area contributed by atoms with Crippen LogP contribution < -0.4 is 0 Å². The number of carbonyl (C=O) groups is 1. The fourth-order valence-corrected chi connectivity index (χ4v) is 3.74. The normalized spacial score (nSPS) is 17.3. The molecule has 1 aliphatic rings. The van der Waals surface area contributed by atoms with Crippen LogP contribution in [0.4, 0.5) is 0 Å². The van der Waals surface area contributed by atoms with E-state index in [4.69, 9.17) is 0 Å². The largest absolute Gasteiger partial charge is 0.336 e. The third kappa shape index (κ3) is 3.61. The highest BCUT2D eigenvalue weighted by Crippen LogP contribution is 2.24. The van der Waals surface area contributed by atoms with Crippen LogP contribution in [0.15, 0.2) is 17.1 Å². The standard InChI is InChI=1S/C16H23N5OS/c1-19(2)8-12-4-5-21-15(6-12)14(7-18-21)16(22)20(3)9-13-10-23-11-17-13/h7,10-12H,4-6,8-9H2,1-3H3. The lowest BCUT2D eigenvalue weighted by Gasteiger charge is -2.27. The van der Waals surface area contributed by atoms with E-state index >= 15 is 0 Å². The average Bonchev–Trinajstić information content (AvgIpc) is 3.14. The zero-order valence-electron chi connectivity index (χ0n) is 13.9. The van der Waals surface area contributed by atoms with Crippen LogP contribution in [-0.2, 0) is 19.5 Å². The Balaban J connectivity index is 1.74. The van der Waals surface area contributed by atoms with Crippen molar-refractivity contribution in [1.82, 2.24) is 24.6 Å².